The van der Waals surface area contributed by atoms with Crippen LogP contribution in [0.2, 0.25) is 0 Å². The second kappa shape index (κ2) is 17.4. The minimum atomic E-state index is -0.631. The van der Waals surface area contributed by atoms with Gasteiger partial charge in [0, 0.05) is 39.4 Å². The molecule has 8 aromatic rings. The average Bonchev–Trinajstić information content (AvgIpc) is 4.02. The van der Waals surface area contributed by atoms with Crippen molar-refractivity contribution in [3.63, 3.8) is 0 Å². The first-order valence-electron chi connectivity index (χ1n) is 28.4. The Bertz CT molecular complexity index is 3540. The highest BCUT2D eigenvalue weighted by Crippen LogP contribution is 2.69. The number of anilines is 6. The Morgan fingerprint density at radius 1 is 0.403 bits per heavy atom. The van der Waals surface area contributed by atoms with Crippen LogP contribution in [0.3, 0.4) is 0 Å². The number of nitrogens with zero attached hydrogens (tertiary/aromatic N) is 2. The maximum Gasteiger partial charge on any atom is 0.0727 e. The van der Waals surface area contributed by atoms with Gasteiger partial charge in [0.2, 0.25) is 0 Å². The summed E-state index contributed by atoms with van der Waals surface area (Å²) >= 11 is 0. The molecule has 0 amide bonds. The van der Waals surface area contributed by atoms with Crippen LogP contribution in [0, 0.1) is 5.92 Å². The van der Waals surface area contributed by atoms with Crippen molar-refractivity contribution in [3.8, 4) is 22.3 Å². The Labute approximate surface area is 461 Å². The molecule has 4 aliphatic rings. The van der Waals surface area contributed by atoms with Gasteiger partial charge in [-0.2, -0.15) is 0 Å². The van der Waals surface area contributed by atoms with Gasteiger partial charge in [-0.3, -0.25) is 0 Å². The smallest absolute Gasteiger partial charge is 0.0727 e. The molecule has 388 valence electrons. The van der Waals surface area contributed by atoms with Crippen molar-refractivity contribution in [1.82, 2.24) is 0 Å². The van der Waals surface area contributed by atoms with Crippen LogP contribution in [0.15, 0.2) is 188 Å². The van der Waals surface area contributed by atoms with E-state index in [2.05, 4.69) is 296 Å². The van der Waals surface area contributed by atoms with Crippen molar-refractivity contribution >= 4 is 39.7 Å². The summed E-state index contributed by atoms with van der Waals surface area (Å²) in [7, 11) is 0. The van der Waals surface area contributed by atoms with Crippen LogP contribution >= 0.6 is 0 Å². The van der Waals surface area contributed by atoms with E-state index in [1.165, 1.54) is 89.1 Å². The molecule has 0 fully saturated rings. The second-order valence-electron chi connectivity index (χ2n) is 27.5. The molecule has 77 heavy (non-hydrogen) atoms. The summed E-state index contributed by atoms with van der Waals surface area (Å²) < 4.78 is 0. The van der Waals surface area contributed by atoms with Gasteiger partial charge in [0.25, 0.3) is 0 Å². The molecule has 1 atom stereocenters. The van der Waals surface area contributed by atoms with Crippen molar-refractivity contribution in [2.45, 2.75) is 143 Å². The fraction of sp³-hybridized carbons (Fsp3) is 0.307. The number of hydrogen-bond donors (Lipinski definition) is 0. The molecule has 0 N–H and O–H groups in total. The first-order valence-corrected chi connectivity index (χ1v) is 28.4. The lowest BCUT2D eigenvalue weighted by Crippen LogP contribution is -2.28. The molecule has 2 heteroatoms. The summed E-state index contributed by atoms with van der Waals surface area (Å²) in [6.45, 7) is 35.2. The van der Waals surface area contributed by atoms with Crippen LogP contribution in [0.4, 0.5) is 34.1 Å². The standard InChI is InChI=1S/C75H78N2/c1-47-21-20-24-60-67-65(77(54-39-31-50(32-40-54)72(8,9)10)55-41-33-51(34-42-55)73(11,12)13)46-64-66(69(67)74(14,15)68(47)60)59-44-43-56(45-63(59)75(64)61-25-18-16-22-57(61)58-23-17-19-26-62(58)75)76(52-35-27-48(28-36-52)70(2,3)4)53-37-29-49(30-38-53)71(5,6)7/h16-20,22-47H,21H2,1-15H3. The molecule has 0 saturated carbocycles. The van der Waals surface area contributed by atoms with Gasteiger partial charge in [0.1, 0.15) is 0 Å². The van der Waals surface area contributed by atoms with Crippen molar-refractivity contribution in [1.29, 1.82) is 0 Å². The largest absolute Gasteiger partial charge is 0.310 e. The van der Waals surface area contributed by atoms with E-state index in [0.717, 1.165) is 34.9 Å². The van der Waals surface area contributed by atoms with E-state index in [9.17, 15) is 0 Å². The predicted molar refractivity (Wildman–Crippen MR) is 330 cm³/mol. The van der Waals surface area contributed by atoms with Crippen molar-refractivity contribution < 1.29 is 0 Å². The normalized spacial score (nSPS) is 16.7. The van der Waals surface area contributed by atoms with E-state index in [1.54, 1.807) is 5.57 Å². The minimum absolute atomic E-state index is 0.0148. The SMILES string of the molecule is CC1CC=CC2=C1C(C)(C)c1c2c(N(c2ccc(C(C)(C)C)cc2)c2ccc(C(C)(C)C)cc2)cc2c1-c1ccc(N(c3ccc(C(C)(C)C)cc3)c3ccc(C(C)(C)C)cc3)cc1C21c2ccccc2-c2ccccc21. The number of benzene rings is 8. The van der Waals surface area contributed by atoms with Gasteiger partial charge in [-0.1, -0.05) is 219 Å². The summed E-state index contributed by atoms with van der Waals surface area (Å²) in [5.74, 6) is 0.388. The summed E-state index contributed by atoms with van der Waals surface area (Å²) in [6, 6.07) is 66.4. The van der Waals surface area contributed by atoms with Crippen LogP contribution in [-0.2, 0) is 32.5 Å². The minimum Gasteiger partial charge on any atom is -0.310 e. The van der Waals surface area contributed by atoms with E-state index < -0.39 is 5.41 Å². The molecule has 1 unspecified atom stereocenters. The molecule has 0 aliphatic heterocycles. The Morgan fingerprint density at radius 2 is 0.805 bits per heavy atom. The first-order chi connectivity index (χ1) is 36.4. The van der Waals surface area contributed by atoms with Gasteiger partial charge in [0.15, 0.2) is 0 Å². The Morgan fingerprint density at radius 3 is 1.23 bits per heavy atom. The van der Waals surface area contributed by atoms with Crippen LogP contribution in [0.5, 0.6) is 0 Å². The molecule has 0 radical (unpaired) electrons. The van der Waals surface area contributed by atoms with Gasteiger partial charge < -0.3 is 9.80 Å². The lowest BCUT2D eigenvalue weighted by Gasteiger charge is -2.36. The van der Waals surface area contributed by atoms with Gasteiger partial charge in [-0.25, -0.2) is 0 Å². The number of fused-ring (bicyclic) bond motifs is 13. The maximum absolute atomic E-state index is 2.66. The Balaban J connectivity index is 1.20. The monoisotopic (exact) mass is 1010 g/mol. The van der Waals surface area contributed by atoms with Gasteiger partial charge in [-0.05, 0) is 184 Å². The summed E-state index contributed by atoms with van der Waals surface area (Å²) in [5, 5.41) is 0. The summed E-state index contributed by atoms with van der Waals surface area (Å²) in [6.07, 6.45) is 5.95. The number of hydrogen-bond acceptors (Lipinski definition) is 2. The molecule has 0 aromatic heterocycles. The quantitative estimate of drug-likeness (QED) is 0.164. The van der Waals surface area contributed by atoms with E-state index >= 15 is 0 Å². The topological polar surface area (TPSA) is 6.48 Å². The van der Waals surface area contributed by atoms with Crippen LogP contribution in [0.25, 0.3) is 27.8 Å². The van der Waals surface area contributed by atoms with Gasteiger partial charge >= 0.3 is 0 Å². The first kappa shape index (κ1) is 50.6. The van der Waals surface area contributed by atoms with E-state index in [1.807, 2.05) is 0 Å². The third kappa shape index (κ3) is 7.86. The molecule has 12 rings (SSSR count). The molecular weight excluding hydrogens is 929 g/mol. The molecule has 0 heterocycles. The summed E-state index contributed by atoms with van der Waals surface area (Å²) in [5.41, 5.74) is 27.9. The molecule has 0 bridgehead atoms. The molecule has 8 aromatic carbocycles. The zero-order chi connectivity index (χ0) is 54.4. The lowest BCUT2D eigenvalue weighted by atomic mass is 9.69. The molecule has 4 aliphatic carbocycles. The number of allylic oxidation sites excluding steroid dienone is 4. The summed E-state index contributed by atoms with van der Waals surface area (Å²) in [4.78, 5) is 5.11. The fourth-order valence-electron chi connectivity index (χ4n) is 14.0. The van der Waals surface area contributed by atoms with Gasteiger partial charge in [-0.15, -0.1) is 0 Å². The highest BCUT2D eigenvalue weighted by atomic mass is 15.2. The van der Waals surface area contributed by atoms with Crippen molar-refractivity contribution in [2.24, 2.45) is 5.92 Å². The van der Waals surface area contributed by atoms with Crippen molar-refractivity contribution in [3.05, 3.63) is 243 Å². The maximum atomic E-state index is 2.66. The fourth-order valence-corrected chi connectivity index (χ4v) is 14.0. The van der Waals surface area contributed by atoms with E-state index in [4.69, 9.17) is 0 Å². The second-order valence-corrected chi connectivity index (χ2v) is 27.5. The van der Waals surface area contributed by atoms with E-state index in [0.29, 0.717) is 5.92 Å². The number of rotatable bonds is 6. The van der Waals surface area contributed by atoms with Gasteiger partial charge in [0.05, 0.1) is 11.1 Å². The molecule has 0 saturated heterocycles. The van der Waals surface area contributed by atoms with Crippen LogP contribution < -0.4 is 9.80 Å². The van der Waals surface area contributed by atoms with E-state index in [-0.39, 0.29) is 27.1 Å². The third-order valence-electron chi connectivity index (χ3n) is 17.9. The van der Waals surface area contributed by atoms with Crippen LogP contribution in [-0.4, -0.2) is 0 Å². The lowest BCUT2D eigenvalue weighted by molar-refractivity contribution is 0.531. The highest BCUT2D eigenvalue weighted by Gasteiger charge is 2.56. The molecule has 1 spiro atoms. The molecular formula is C75H78N2. The predicted octanol–water partition coefficient (Wildman–Crippen LogP) is 20.8. The third-order valence-corrected chi connectivity index (χ3v) is 17.9. The zero-order valence-corrected chi connectivity index (χ0v) is 48.5. The van der Waals surface area contributed by atoms with Crippen molar-refractivity contribution in [2.75, 3.05) is 9.80 Å². The Hall–Kier alpha value is -7.16. The molecule has 2 nitrogen and oxygen atoms in total. The zero-order valence-electron chi connectivity index (χ0n) is 48.5. The average molecular weight is 1010 g/mol. The Kier molecular flexibility index (Phi) is 11.5. The highest BCUT2D eigenvalue weighted by molar-refractivity contribution is 6.06. The van der Waals surface area contributed by atoms with Crippen LogP contribution in [0.1, 0.15) is 166 Å².